The van der Waals surface area contributed by atoms with E-state index in [0.29, 0.717) is 10.0 Å². The molecular formula is C15H10BrF3. The van der Waals surface area contributed by atoms with E-state index in [2.05, 4.69) is 15.9 Å². The summed E-state index contributed by atoms with van der Waals surface area (Å²) in [5.41, 5.74) is 1.04. The molecule has 0 radical (unpaired) electrons. The van der Waals surface area contributed by atoms with E-state index in [1.54, 1.807) is 6.08 Å². The lowest BCUT2D eigenvalue weighted by molar-refractivity contribution is -0.137. The Hall–Kier alpha value is -1.55. The molecule has 2 aromatic carbocycles. The van der Waals surface area contributed by atoms with Crippen molar-refractivity contribution in [3.63, 3.8) is 0 Å². The SMILES string of the molecule is FC(F)(F)c1ccc(C=Cc2ccccc2)c(Br)c1. The van der Waals surface area contributed by atoms with E-state index in [4.69, 9.17) is 0 Å². The Morgan fingerprint density at radius 1 is 0.895 bits per heavy atom. The van der Waals surface area contributed by atoms with Crippen LogP contribution < -0.4 is 0 Å². The smallest absolute Gasteiger partial charge is 0.166 e. The zero-order valence-corrected chi connectivity index (χ0v) is 11.4. The maximum atomic E-state index is 12.5. The molecule has 98 valence electrons. The Kier molecular flexibility index (Phi) is 4.10. The number of hydrogen-bond acceptors (Lipinski definition) is 0. The Morgan fingerprint density at radius 3 is 2.16 bits per heavy atom. The van der Waals surface area contributed by atoms with Crippen LogP contribution in [-0.4, -0.2) is 0 Å². The first-order valence-corrected chi connectivity index (χ1v) is 6.36. The Labute approximate surface area is 117 Å². The summed E-state index contributed by atoms with van der Waals surface area (Å²) in [5, 5.41) is 0. The van der Waals surface area contributed by atoms with Crippen LogP contribution in [0.15, 0.2) is 53.0 Å². The molecule has 0 fully saturated rings. The van der Waals surface area contributed by atoms with Gasteiger partial charge in [-0.25, -0.2) is 0 Å². The summed E-state index contributed by atoms with van der Waals surface area (Å²) in [6.45, 7) is 0. The summed E-state index contributed by atoms with van der Waals surface area (Å²) >= 11 is 3.16. The van der Waals surface area contributed by atoms with Gasteiger partial charge in [-0.3, -0.25) is 0 Å². The largest absolute Gasteiger partial charge is 0.416 e. The van der Waals surface area contributed by atoms with E-state index in [9.17, 15) is 13.2 Å². The second-order valence-electron chi connectivity index (χ2n) is 3.98. The van der Waals surface area contributed by atoms with Gasteiger partial charge < -0.3 is 0 Å². The van der Waals surface area contributed by atoms with E-state index in [1.807, 2.05) is 36.4 Å². The molecule has 0 atom stereocenters. The number of rotatable bonds is 2. The van der Waals surface area contributed by atoms with Crippen LogP contribution in [0.3, 0.4) is 0 Å². The summed E-state index contributed by atoms with van der Waals surface area (Å²) in [6, 6.07) is 13.2. The summed E-state index contributed by atoms with van der Waals surface area (Å²) in [6.07, 6.45) is -0.683. The van der Waals surface area contributed by atoms with Crippen molar-refractivity contribution in [3.05, 3.63) is 69.7 Å². The van der Waals surface area contributed by atoms with Gasteiger partial charge >= 0.3 is 6.18 Å². The molecule has 0 aliphatic rings. The predicted molar refractivity (Wildman–Crippen MR) is 74.5 cm³/mol. The second-order valence-corrected chi connectivity index (χ2v) is 4.83. The molecule has 2 aromatic rings. The molecule has 19 heavy (non-hydrogen) atoms. The minimum absolute atomic E-state index is 0.425. The van der Waals surface area contributed by atoms with Gasteiger partial charge in [0.25, 0.3) is 0 Å². The third kappa shape index (κ3) is 3.70. The fourth-order valence-electron chi connectivity index (χ4n) is 1.59. The number of hydrogen-bond donors (Lipinski definition) is 0. The molecule has 0 bridgehead atoms. The second kappa shape index (κ2) is 5.61. The fraction of sp³-hybridized carbons (Fsp3) is 0.0667. The van der Waals surface area contributed by atoms with Crippen LogP contribution >= 0.6 is 15.9 Å². The highest BCUT2D eigenvalue weighted by molar-refractivity contribution is 9.10. The van der Waals surface area contributed by atoms with Crippen LogP contribution in [0.4, 0.5) is 13.2 Å². The monoisotopic (exact) mass is 326 g/mol. The van der Waals surface area contributed by atoms with Gasteiger partial charge in [-0.2, -0.15) is 13.2 Å². The van der Waals surface area contributed by atoms with Crippen molar-refractivity contribution in [1.29, 1.82) is 0 Å². The van der Waals surface area contributed by atoms with Crippen LogP contribution in [0.2, 0.25) is 0 Å². The maximum absolute atomic E-state index is 12.5. The van der Waals surface area contributed by atoms with Crippen molar-refractivity contribution in [2.75, 3.05) is 0 Å². The highest BCUT2D eigenvalue weighted by atomic mass is 79.9. The van der Waals surface area contributed by atoms with E-state index in [0.717, 1.165) is 17.7 Å². The lowest BCUT2D eigenvalue weighted by atomic mass is 10.1. The van der Waals surface area contributed by atoms with Crippen molar-refractivity contribution < 1.29 is 13.2 Å². The molecule has 0 aliphatic heterocycles. The van der Waals surface area contributed by atoms with Gasteiger partial charge in [-0.1, -0.05) is 64.5 Å². The van der Waals surface area contributed by atoms with E-state index < -0.39 is 11.7 Å². The highest BCUT2D eigenvalue weighted by Crippen LogP contribution is 2.32. The Bertz CT molecular complexity index is 586. The first kappa shape index (κ1) is 13.9. The van der Waals surface area contributed by atoms with Gasteiger partial charge in [-0.05, 0) is 23.3 Å². The van der Waals surface area contributed by atoms with Gasteiger partial charge in [0.05, 0.1) is 5.56 Å². The summed E-state index contributed by atoms with van der Waals surface area (Å²) in [5.74, 6) is 0. The van der Waals surface area contributed by atoms with Crippen molar-refractivity contribution >= 4 is 28.1 Å². The van der Waals surface area contributed by atoms with Gasteiger partial charge in [0, 0.05) is 4.47 Å². The van der Waals surface area contributed by atoms with Crippen LogP contribution in [0.25, 0.3) is 12.2 Å². The number of benzene rings is 2. The summed E-state index contributed by atoms with van der Waals surface area (Å²) in [4.78, 5) is 0. The maximum Gasteiger partial charge on any atom is 0.416 e. The van der Waals surface area contributed by atoms with Crippen molar-refractivity contribution in [2.45, 2.75) is 6.18 Å². The molecule has 0 saturated carbocycles. The van der Waals surface area contributed by atoms with Crippen LogP contribution in [0, 0.1) is 0 Å². The topological polar surface area (TPSA) is 0 Å². The zero-order chi connectivity index (χ0) is 13.9. The molecule has 0 spiro atoms. The molecule has 0 nitrogen and oxygen atoms in total. The Balaban J connectivity index is 2.25. The molecular weight excluding hydrogens is 317 g/mol. The molecule has 0 heterocycles. The van der Waals surface area contributed by atoms with Crippen LogP contribution in [-0.2, 0) is 6.18 Å². The van der Waals surface area contributed by atoms with Crippen LogP contribution in [0.5, 0.6) is 0 Å². The zero-order valence-electron chi connectivity index (χ0n) is 9.79. The Morgan fingerprint density at radius 2 is 1.58 bits per heavy atom. The predicted octanol–water partition coefficient (Wildman–Crippen LogP) is 5.64. The lowest BCUT2D eigenvalue weighted by Gasteiger charge is -2.08. The normalized spacial score (nSPS) is 12.0. The van der Waals surface area contributed by atoms with Crippen molar-refractivity contribution in [2.24, 2.45) is 0 Å². The van der Waals surface area contributed by atoms with Gasteiger partial charge in [0.1, 0.15) is 0 Å². The molecule has 0 aromatic heterocycles. The summed E-state index contributed by atoms with van der Waals surface area (Å²) < 4.78 is 38.0. The summed E-state index contributed by atoms with van der Waals surface area (Å²) in [7, 11) is 0. The molecule has 0 amide bonds. The van der Waals surface area contributed by atoms with E-state index >= 15 is 0 Å². The average Bonchev–Trinajstić information content (AvgIpc) is 2.37. The third-order valence-corrected chi connectivity index (χ3v) is 3.27. The quantitative estimate of drug-likeness (QED) is 0.626. The van der Waals surface area contributed by atoms with Crippen molar-refractivity contribution in [3.8, 4) is 0 Å². The fourth-order valence-corrected chi connectivity index (χ4v) is 2.10. The first-order chi connectivity index (χ1) is 8.97. The van der Waals surface area contributed by atoms with Gasteiger partial charge in [-0.15, -0.1) is 0 Å². The minimum Gasteiger partial charge on any atom is -0.166 e. The molecule has 4 heteroatoms. The minimum atomic E-state index is -4.32. The molecule has 0 aliphatic carbocycles. The van der Waals surface area contributed by atoms with E-state index in [-0.39, 0.29) is 0 Å². The number of halogens is 4. The van der Waals surface area contributed by atoms with Crippen molar-refractivity contribution in [1.82, 2.24) is 0 Å². The van der Waals surface area contributed by atoms with Gasteiger partial charge in [0.2, 0.25) is 0 Å². The average molecular weight is 327 g/mol. The lowest BCUT2D eigenvalue weighted by Crippen LogP contribution is -2.04. The van der Waals surface area contributed by atoms with Gasteiger partial charge in [0.15, 0.2) is 0 Å². The molecule has 0 saturated heterocycles. The van der Waals surface area contributed by atoms with Crippen LogP contribution in [0.1, 0.15) is 16.7 Å². The molecule has 0 unspecified atom stereocenters. The first-order valence-electron chi connectivity index (χ1n) is 5.57. The van der Waals surface area contributed by atoms with E-state index in [1.165, 1.54) is 6.07 Å². The third-order valence-electron chi connectivity index (χ3n) is 2.58. The highest BCUT2D eigenvalue weighted by Gasteiger charge is 2.30. The molecule has 2 rings (SSSR count). The standard InChI is InChI=1S/C15H10BrF3/c16-14-10-13(15(17,18)19)9-8-12(14)7-6-11-4-2-1-3-5-11/h1-10H. The number of alkyl halides is 3. The molecule has 0 N–H and O–H groups in total.